The first-order chi connectivity index (χ1) is 9.15. The Kier molecular flexibility index (Phi) is 3.01. The summed E-state index contributed by atoms with van der Waals surface area (Å²) in [4.78, 5) is 16.7. The van der Waals surface area contributed by atoms with Gasteiger partial charge in [0.25, 0.3) is 0 Å². The minimum Gasteiger partial charge on any atom is -0.352 e. The van der Waals surface area contributed by atoms with Crippen LogP contribution in [0.15, 0.2) is 24.3 Å². The van der Waals surface area contributed by atoms with Crippen LogP contribution in [-0.2, 0) is 11.3 Å². The van der Waals surface area contributed by atoms with Gasteiger partial charge in [0.2, 0.25) is 5.91 Å². The van der Waals surface area contributed by atoms with E-state index in [1.54, 1.807) is 0 Å². The van der Waals surface area contributed by atoms with Gasteiger partial charge >= 0.3 is 0 Å². The summed E-state index contributed by atoms with van der Waals surface area (Å²) in [5, 5.41) is 2.94. The third-order valence-electron chi connectivity index (χ3n) is 3.38. The van der Waals surface area contributed by atoms with Gasteiger partial charge in [0, 0.05) is 12.0 Å². The van der Waals surface area contributed by atoms with Crippen molar-refractivity contribution < 1.29 is 4.79 Å². The monoisotopic (exact) mass is 257 g/mol. The molecule has 0 radical (unpaired) electrons. The van der Waals surface area contributed by atoms with Crippen LogP contribution in [0, 0.1) is 0 Å². The summed E-state index contributed by atoms with van der Waals surface area (Å²) in [6.07, 6.45) is 2.38. The minimum atomic E-state index is 0.0556. The van der Waals surface area contributed by atoms with Crippen molar-refractivity contribution in [3.05, 3.63) is 30.1 Å². The van der Waals surface area contributed by atoms with Gasteiger partial charge in [0.15, 0.2) is 0 Å². The van der Waals surface area contributed by atoms with Crippen LogP contribution in [0.2, 0.25) is 0 Å². The molecule has 1 N–H and O–H groups in total. The molecule has 4 nitrogen and oxygen atoms in total. The van der Waals surface area contributed by atoms with Crippen molar-refractivity contribution in [3.63, 3.8) is 0 Å². The van der Waals surface area contributed by atoms with Gasteiger partial charge in [-0.25, -0.2) is 4.98 Å². The molecule has 0 spiro atoms. The minimum absolute atomic E-state index is 0.0556. The quantitative estimate of drug-likeness (QED) is 0.914. The van der Waals surface area contributed by atoms with Crippen molar-refractivity contribution in [2.45, 2.75) is 45.2 Å². The summed E-state index contributed by atoms with van der Waals surface area (Å²) >= 11 is 0. The van der Waals surface area contributed by atoms with Crippen LogP contribution < -0.4 is 5.32 Å². The smallest absolute Gasteiger partial charge is 0.240 e. The Morgan fingerprint density at radius 2 is 2.16 bits per heavy atom. The fourth-order valence-electron chi connectivity index (χ4n) is 2.42. The Morgan fingerprint density at radius 1 is 1.42 bits per heavy atom. The average molecular weight is 257 g/mol. The molecule has 0 atom stereocenters. The first kappa shape index (κ1) is 12.2. The summed E-state index contributed by atoms with van der Waals surface area (Å²) < 4.78 is 2.07. The summed E-state index contributed by atoms with van der Waals surface area (Å²) in [5.74, 6) is 1.67. The van der Waals surface area contributed by atoms with Crippen molar-refractivity contribution in [2.24, 2.45) is 0 Å². The summed E-state index contributed by atoms with van der Waals surface area (Å²) in [7, 11) is 0. The average Bonchev–Trinajstić information content (AvgIpc) is 3.13. The van der Waals surface area contributed by atoms with Crippen LogP contribution in [-0.4, -0.2) is 21.5 Å². The molecule has 0 bridgehead atoms. The molecule has 2 aromatic rings. The number of carbonyl (C=O) groups is 1. The van der Waals surface area contributed by atoms with Crippen molar-refractivity contribution in [3.8, 4) is 0 Å². The highest BCUT2D eigenvalue weighted by Gasteiger charge is 2.30. The van der Waals surface area contributed by atoms with Crippen LogP contribution in [0.1, 0.15) is 38.4 Å². The molecule has 100 valence electrons. The van der Waals surface area contributed by atoms with Crippen LogP contribution in [0.3, 0.4) is 0 Å². The predicted octanol–water partition coefficient (Wildman–Crippen LogP) is 2.44. The maximum atomic E-state index is 12.0. The van der Waals surface area contributed by atoms with Crippen molar-refractivity contribution in [1.82, 2.24) is 14.9 Å². The lowest BCUT2D eigenvalue weighted by molar-refractivity contribution is -0.122. The SMILES string of the molecule is CC(C)NC(=O)Cn1c(C2CC2)nc2ccccc21. The topological polar surface area (TPSA) is 46.9 Å². The molecule has 1 aliphatic carbocycles. The van der Waals surface area contributed by atoms with E-state index >= 15 is 0 Å². The summed E-state index contributed by atoms with van der Waals surface area (Å²) in [6.45, 7) is 4.32. The Hall–Kier alpha value is -1.84. The van der Waals surface area contributed by atoms with Gasteiger partial charge in [-0.15, -0.1) is 0 Å². The van der Waals surface area contributed by atoms with Gasteiger partial charge in [0.05, 0.1) is 11.0 Å². The van der Waals surface area contributed by atoms with E-state index in [0.29, 0.717) is 12.5 Å². The van der Waals surface area contributed by atoms with Crippen LogP contribution >= 0.6 is 0 Å². The van der Waals surface area contributed by atoms with E-state index in [1.807, 2.05) is 38.1 Å². The molecule has 0 saturated heterocycles. The molecule has 4 heteroatoms. The number of benzene rings is 1. The zero-order chi connectivity index (χ0) is 13.4. The Morgan fingerprint density at radius 3 is 2.84 bits per heavy atom. The second kappa shape index (κ2) is 4.68. The number of carbonyl (C=O) groups excluding carboxylic acids is 1. The van der Waals surface area contributed by atoms with Gasteiger partial charge in [0.1, 0.15) is 12.4 Å². The number of hydrogen-bond donors (Lipinski definition) is 1. The highest BCUT2D eigenvalue weighted by molar-refractivity contribution is 5.81. The van der Waals surface area contributed by atoms with Gasteiger partial charge in [-0.05, 0) is 38.8 Å². The molecule has 1 fully saturated rings. The molecule has 3 rings (SSSR count). The number of rotatable bonds is 4. The molecule has 0 unspecified atom stereocenters. The number of nitrogens with one attached hydrogen (secondary N) is 1. The van der Waals surface area contributed by atoms with Crippen molar-refractivity contribution in [1.29, 1.82) is 0 Å². The number of hydrogen-bond acceptors (Lipinski definition) is 2. The Bertz CT molecular complexity index is 611. The second-order valence-electron chi connectivity index (χ2n) is 5.54. The zero-order valence-corrected chi connectivity index (χ0v) is 11.4. The fraction of sp³-hybridized carbons (Fsp3) is 0.467. The molecule has 0 aliphatic heterocycles. The van der Waals surface area contributed by atoms with Crippen LogP contribution in [0.4, 0.5) is 0 Å². The summed E-state index contributed by atoms with van der Waals surface area (Å²) in [5.41, 5.74) is 2.05. The molecule has 1 aliphatic rings. The van der Waals surface area contributed by atoms with Gasteiger partial charge < -0.3 is 9.88 Å². The second-order valence-corrected chi connectivity index (χ2v) is 5.54. The van der Waals surface area contributed by atoms with E-state index in [2.05, 4.69) is 14.9 Å². The van der Waals surface area contributed by atoms with Gasteiger partial charge in [-0.1, -0.05) is 12.1 Å². The standard InChI is InChI=1S/C15H19N3O/c1-10(2)16-14(19)9-18-13-6-4-3-5-12(13)17-15(18)11-7-8-11/h3-6,10-11H,7-9H2,1-2H3,(H,16,19). The van der Waals surface area contributed by atoms with Gasteiger partial charge in [-0.3, -0.25) is 4.79 Å². The van der Waals surface area contributed by atoms with E-state index in [1.165, 1.54) is 12.8 Å². The molecule has 1 aromatic heterocycles. The zero-order valence-electron chi connectivity index (χ0n) is 11.4. The third kappa shape index (κ3) is 2.48. The highest BCUT2D eigenvalue weighted by Crippen LogP contribution is 2.40. The van der Waals surface area contributed by atoms with E-state index in [-0.39, 0.29) is 11.9 Å². The number of aromatic nitrogens is 2. The number of nitrogens with zero attached hydrogens (tertiary/aromatic N) is 2. The Labute approximate surface area is 112 Å². The van der Waals surface area contributed by atoms with E-state index in [0.717, 1.165) is 16.9 Å². The molecular formula is C15H19N3O. The maximum absolute atomic E-state index is 12.0. The normalized spacial score (nSPS) is 15.1. The third-order valence-corrected chi connectivity index (χ3v) is 3.38. The molecule has 1 aromatic carbocycles. The lowest BCUT2D eigenvalue weighted by atomic mass is 10.3. The largest absolute Gasteiger partial charge is 0.352 e. The molecule has 1 heterocycles. The first-order valence-corrected chi connectivity index (χ1v) is 6.89. The molecule has 1 saturated carbocycles. The molecule has 19 heavy (non-hydrogen) atoms. The molecular weight excluding hydrogens is 238 g/mol. The Balaban J connectivity index is 1.95. The van der Waals surface area contributed by atoms with E-state index in [9.17, 15) is 4.79 Å². The lowest BCUT2D eigenvalue weighted by Gasteiger charge is -2.11. The lowest BCUT2D eigenvalue weighted by Crippen LogP contribution is -2.33. The molecule has 1 amide bonds. The van der Waals surface area contributed by atoms with Crippen molar-refractivity contribution in [2.75, 3.05) is 0 Å². The number of para-hydroxylation sites is 2. The number of amides is 1. The van der Waals surface area contributed by atoms with Crippen LogP contribution in [0.25, 0.3) is 11.0 Å². The first-order valence-electron chi connectivity index (χ1n) is 6.89. The predicted molar refractivity (Wildman–Crippen MR) is 75.0 cm³/mol. The van der Waals surface area contributed by atoms with Crippen molar-refractivity contribution >= 4 is 16.9 Å². The maximum Gasteiger partial charge on any atom is 0.240 e. The van der Waals surface area contributed by atoms with E-state index < -0.39 is 0 Å². The fourth-order valence-corrected chi connectivity index (χ4v) is 2.42. The van der Waals surface area contributed by atoms with E-state index in [4.69, 9.17) is 0 Å². The highest BCUT2D eigenvalue weighted by atomic mass is 16.2. The van der Waals surface area contributed by atoms with Crippen LogP contribution in [0.5, 0.6) is 0 Å². The summed E-state index contributed by atoms with van der Waals surface area (Å²) in [6, 6.07) is 8.21. The van der Waals surface area contributed by atoms with Gasteiger partial charge in [-0.2, -0.15) is 0 Å². The number of fused-ring (bicyclic) bond motifs is 1. The number of imidazole rings is 1.